The minimum absolute atomic E-state index is 0.0121. The van der Waals surface area contributed by atoms with Crippen LogP contribution in [0, 0.1) is 0 Å². The molecule has 1 aromatic carbocycles. The molecule has 1 N–H and O–H groups in total. The van der Waals surface area contributed by atoms with E-state index in [-0.39, 0.29) is 11.8 Å². The number of unbranched alkanes of at least 4 members (excludes halogenated alkanes) is 1. The predicted molar refractivity (Wildman–Crippen MR) is 86.6 cm³/mol. The maximum Gasteiger partial charge on any atom is 0.233 e. The van der Waals surface area contributed by atoms with Gasteiger partial charge in [0.2, 0.25) is 11.0 Å². The van der Waals surface area contributed by atoms with E-state index in [4.69, 9.17) is 0 Å². The fourth-order valence-corrected chi connectivity index (χ4v) is 2.97. The lowest BCUT2D eigenvalue weighted by molar-refractivity contribution is -0.117. The Labute approximate surface area is 129 Å². The van der Waals surface area contributed by atoms with Crippen LogP contribution in [0.2, 0.25) is 0 Å². The maximum atomic E-state index is 12.4. The van der Waals surface area contributed by atoms with Crippen molar-refractivity contribution in [2.45, 2.75) is 45.4 Å². The number of benzene rings is 1. The molecular formula is C16H21N3OS. The number of aryl methyl sites for hydroxylation is 1. The van der Waals surface area contributed by atoms with Crippen LogP contribution in [0.4, 0.5) is 5.13 Å². The van der Waals surface area contributed by atoms with E-state index >= 15 is 0 Å². The van der Waals surface area contributed by atoms with Crippen molar-refractivity contribution in [2.24, 2.45) is 0 Å². The summed E-state index contributed by atoms with van der Waals surface area (Å²) in [6, 6.07) is 9.85. The lowest BCUT2D eigenvalue weighted by atomic mass is 9.96. The summed E-state index contributed by atoms with van der Waals surface area (Å²) >= 11 is 1.47. The number of aromatic nitrogens is 2. The lowest BCUT2D eigenvalue weighted by Gasteiger charge is -2.13. The average molecular weight is 303 g/mol. The third kappa shape index (κ3) is 4.36. The van der Waals surface area contributed by atoms with Crippen LogP contribution in [0.25, 0.3) is 0 Å². The Morgan fingerprint density at radius 1 is 1.24 bits per heavy atom. The molecule has 1 amide bonds. The number of hydrogen-bond acceptors (Lipinski definition) is 4. The van der Waals surface area contributed by atoms with E-state index in [1.54, 1.807) is 0 Å². The summed E-state index contributed by atoms with van der Waals surface area (Å²) in [5.74, 6) is -0.156. The number of nitrogens with one attached hydrogen (secondary N) is 1. The Kier molecular flexibility index (Phi) is 5.87. The number of rotatable bonds is 7. The van der Waals surface area contributed by atoms with Gasteiger partial charge in [0.15, 0.2) is 0 Å². The highest BCUT2D eigenvalue weighted by Crippen LogP contribution is 2.23. The van der Waals surface area contributed by atoms with Gasteiger partial charge in [0.25, 0.3) is 0 Å². The van der Waals surface area contributed by atoms with Crippen LogP contribution in [0.5, 0.6) is 0 Å². The van der Waals surface area contributed by atoms with Crippen molar-refractivity contribution >= 4 is 22.4 Å². The second-order valence-corrected chi connectivity index (χ2v) is 6.03. The zero-order valence-corrected chi connectivity index (χ0v) is 13.3. The first-order valence-electron chi connectivity index (χ1n) is 7.42. The molecule has 4 nitrogen and oxygen atoms in total. The van der Waals surface area contributed by atoms with Gasteiger partial charge >= 0.3 is 0 Å². The molecule has 1 aromatic heterocycles. The van der Waals surface area contributed by atoms with Crippen molar-refractivity contribution in [2.75, 3.05) is 5.32 Å². The van der Waals surface area contributed by atoms with E-state index in [9.17, 15) is 4.79 Å². The highest BCUT2D eigenvalue weighted by atomic mass is 32.1. The summed E-state index contributed by atoms with van der Waals surface area (Å²) in [7, 11) is 0. The van der Waals surface area contributed by atoms with Gasteiger partial charge in [0, 0.05) is 6.42 Å². The van der Waals surface area contributed by atoms with Gasteiger partial charge in [0.05, 0.1) is 5.92 Å². The smallest absolute Gasteiger partial charge is 0.233 e. The van der Waals surface area contributed by atoms with Crippen molar-refractivity contribution in [3.63, 3.8) is 0 Å². The summed E-state index contributed by atoms with van der Waals surface area (Å²) in [5, 5.41) is 12.7. The van der Waals surface area contributed by atoms with Crippen LogP contribution in [0.1, 0.15) is 49.6 Å². The molecule has 0 aliphatic heterocycles. The molecule has 1 heterocycles. The number of anilines is 1. The van der Waals surface area contributed by atoms with Crippen molar-refractivity contribution in [3.8, 4) is 0 Å². The zero-order valence-electron chi connectivity index (χ0n) is 12.5. The molecule has 0 radical (unpaired) electrons. The Morgan fingerprint density at radius 3 is 2.67 bits per heavy atom. The van der Waals surface area contributed by atoms with E-state index in [1.807, 2.05) is 37.3 Å². The van der Waals surface area contributed by atoms with Crippen LogP contribution >= 0.6 is 11.3 Å². The SMILES string of the molecule is CCCCc1nnc(NC(=O)C(CC)c2ccccc2)s1. The molecule has 21 heavy (non-hydrogen) atoms. The molecule has 112 valence electrons. The largest absolute Gasteiger partial charge is 0.300 e. The van der Waals surface area contributed by atoms with E-state index in [0.717, 1.165) is 36.3 Å². The van der Waals surface area contributed by atoms with Crippen LogP contribution in [-0.4, -0.2) is 16.1 Å². The third-order valence-corrected chi connectivity index (χ3v) is 4.27. The standard InChI is InChI=1S/C16H21N3OS/c1-3-5-11-14-18-19-16(21-14)17-15(20)13(4-2)12-9-7-6-8-10-12/h6-10,13H,3-5,11H2,1-2H3,(H,17,19,20). The highest BCUT2D eigenvalue weighted by Gasteiger charge is 2.19. The van der Waals surface area contributed by atoms with Crippen molar-refractivity contribution < 1.29 is 4.79 Å². The quantitative estimate of drug-likeness (QED) is 0.840. The fraction of sp³-hybridized carbons (Fsp3) is 0.438. The van der Waals surface area contributed by atoms with Crippen molar-refractivity contribution in [1.82, 2.24) is 10.2 Å². The van der Waals surface area contributed by atoms with Gasteiger partial charge in [-0.3, -0.25) is 10.1 Å². The Hall–Kier alpha value is -1.75. The van der Waals surface area contributed by atoms with Crippen molar-refractivity contribution in [1.29, 1.82) is 0 Å². The van der Waals surface area contributed by atoms with E-state index < -0.39 is 0 Å². The number of carbonyl (C=O) groups excluding carboxylic acids is 1. The Bertz CT molecular complexity index is 568. The third-order valence-electron chi connectivity index (χ3n) is 3.37. The number of amides is 1. The predicted octanol–water partition coefficient (Wildman–Crippen LogP) is 4.01. The molecule has 2 aromatic rings. The molecule has 0 fully saturated rings. The van der Waals surface area contributed by atoms with Gasteiger partial charge in [-0.1, -0.05) is 61.9 Å². The fourth-order valence-electron chi connectivity index (χ4n) is 2.18. The normalized spacial score (nSPS) is 12.1. The molecule has 5 heteroatoms. The summed E-state index contributed by atoms with van der Waals surface area (Å²) in [4.78, 5) is 12.4. The Balaban J connectivity index is 2.01. The summed E-state index contributed by atoms with van der Waals surface area (Å²) in [5.41, 5.74) is 1.04. The van der Waals surface area contributed by atoms with Gasteiger partial charge in [-0.15, -0.1) is 10.2 Å². The number of hydrogen-bond donors (Lipinski definition) is 1. The van der Waals surface area contributed by atoms with Crippen molar-refractivity contribution in [3.05, 3.63) is 40.9 Å². The first kappa shape index (κ1) is 15.6. The van der Waals surface area contributed by atoms with E-state index in [2.05, 4.69) is 22.4 Å². The van der Waals surface area contributed by atoms with Gasteiger partial charge < -0.3 is 0 Å². The molecule has 0 bridgehead atoms. The molecular weight excluding hydrogens is 282 g/mol. The first-order chi connectivity index (χ1) is 10.2. The zero-order chi connectivity index (χ0) is 15.1. The monoisotopic (exact) mass is 303 g/mol. The van der Waals surface area contributed by atoms with Gasteiger partial charge in [-0.05, 0) is 18.4 Å². The lowest BCUT2D eigenvalue weighted by Crippen LogP contribution is -2.20. The van der Waals surface area contributed by atoms with Gasteiger partial charge in [-0.25, -0.2) is 0 Å². The molecule has 0 aliphatic carbocycles. The van der Waals surface area contributed by atoms with Crippen LogP contribution in [-0.2, 0) is 11.2 Å². The molecule has 0 aliphatic rings. The molecule has 1 atom stereocenters. The minimum atomic E-state index is -0.144. The maximum absolute atomic E-state index is 12.4. The molecule has 0 saturated heterocycles. The van der Waals surface area contributed by atoms with Crippen LogP contribution in [0.15, 0.2) is 30.3 Å². The van der Waals surface area contributed by atoms with Crippen LogP contribution < -0.4 is 5.32 Å². The second kappa shape index (κ2) is 7.88. The Morgan fingerprint density at radius 2 is 2.00 bits per heavy atom. The first-order valence-corrected chi connectivity index (χ1v) is 8.24. The highest BCUT2D eigenvalue weighted by molar-refractivity contribution is 7.15. The molecule has 0 saturated carbocycles. The average Bonchev–Trinajstić information content (AvgIpc) is 2.94. The van der Waals surface area contributed by atoms with E-state index in [1.165, 1.54) is 11.3 Å². The molecule has 0 spiro atoms. The number of nitrogens with zero attached hydrogens (tertiary/aromatic N) is 2. The topological polar surface area (TPSA) is 54.9 Å². The minimum Gasteiger partial charge on any atom is -0.300 e. The summed E-state index contributed by atoms with van der Waals surface area (Å²) < 4.78 is 0. The van der Waals surface area contributed by atoms with Crippen LogP contribution in [0.3, 0.4) is 0 Å². The second-order valence-electron chi connectivity index (χ2n) is 4.97. The summed E-state index contributed by atoms with van der Waals surface area (Å²) in [6.07, 6.45) is 3.93. The van der Waals surface area contributed by atoms with Gasteiger partial charge in [0.1, 0.15) is 5.01 Å². The van der Waals surface area contributed by atoms with Gasteiger partial charge in [-0.2, -0.15) is 0 Å². The summed E-state index contributed by atoms with van der Waals surface area (Å²) in [6.45, 7) is 4.17. The van der Waals surface area contributed by atoms with E-state index in [0.29, 0.717) is 5.13 Å². The number of carbonyl (C=O) groups is 1. The molecule has 2 rings (SSSR count). The molecule has 1 unspecified atom stereocenters.